The summed E-state index contributed by atoms with van der Waals surface area (Å²) in [5.41, 5.74) is 0.702. The Bertz CT molecular complexity index is 737. The number of nitrogens with zero attached hydrogens (tertiary/aromatic N) is 3. The lowest BCUT2D eigenvalue weighted by atomic mass is 10.2. The Kier molecular flexibility index (Phi) is 5.75. The molecule has 0 aliphatic rings. The van der Waals surface area contributed by atoms with Crippen molar-refractivity contribution < 1.29 is 18.0 Å². The summed E-state index contributed by atoms with van der Waals surface area (Å²) in [5, 5.41) is 9.09. The number of hydrogen-bond donors (Lipinski definition) is 2. The molecule has 11 heteroatoms. The van der Waals surface area contributed by atoms with E-state index in [-0.39, 0.29) is 5.16 Å². The van der Waals surface area contributed by atoms with Crippen molar-refractivity contribution in [2.75, 3.05) is 12.4 Å². The first-order valence-electron chi connectivity index (χ1n) is 6.65. The second-order valence-corrected chi connectivity index (χ2v) is 6.91. The lowest BCUT2D eigenvalue weighted by molar-refractivity contribution is -0.137. The molecule has 0 unspecified atom stereocenters. The molecule has 1 heterocycles. The molecule has 3 N–H and O–H groups in total. The van der Waals surface area contributed by atoms with Crippen molar-refractivity contribution in [2.24, 2.45) is 0 Å². The molecule has 1 amide bonds. The first-order valence-corrected chi connectivity index (χ1v) is 8.33. The van der Waals surface area contributed by atoms with Gasteiger partial charge in [0.1, 0.15) is 6.54 Å². The van der Waals surface area contributed by atoms with Gasteiger partial charge in [-0.1, -0.05) is 39.8 Å². The van der Waals surface area contributed by atoms with Crippen LogP contribution in [0.25, 0.3) is 11.4 Å². The van der Waals surface area contributed by atoms with Crippen LogP contribution in [0.4, 0.5) is 13.2 Å². The highest BCUT2D eigenvalue weighted by molar-refractivity contribution is 9.10. The quantitative estimate of drug-likeness (QED) is 0.570. The van der Waals surface area contributed by atoms with E-state index in [1.54, 1.807) is 12.1 Å². The van der Waals surface area contributed by atoms with Crippen LogP contribution in [0.15, 0.2) is 33.9 Å². The fourth-order valence-corrected chi connectivity index (χ4v) is 2.98. The minimum Gasteiger partial charge on any atom is -0.346 e. The third-order valence-electron chi connectivity index (χ3n) is 2.89. The van der Waals surface area contributed by atoms with Crippen molar-refractivity contribution in [1.82, 2.24) is 20.2 Å². The van der Waals surface area contributed by atoms with Crippen LogP contribution in [0.1, 0.15) is 6.92 Å². The van der Waals surface area contributed by atoms with Crippen LogP contribution >= 0.6 is 27.7 Å². The van der Waals surface area contributed by atoms with Gasteiger partial charge in [-0.05, 0) is 19.1 Å². The van der Waals surface area contributed by atoms with E-state index in [1.165, 1.54) is 11.6 Å². The summed E-state index contributed by atoms with van der Waals surface area (Å²) in [6.45, 7) is 0.0808. The predicted molar refractivity (Wildman–Crippen MR) is 87.7 cm³/mol. The molecule has 0 aliphatic carbocycles. The van der Waals surface area contributed by atoms with Crippen LogP contribution in [-0.4, -0.2) is 38.8 Å². The molecule has 0 bridgehead atoms. The molecule has 2 rings (SSSR count). The zero-order chi connectivity index (χ0) is 17.9. The maximum Gasteiger partial charge on any atom is 0.405 e. The molecule has 130 valence electrons. The summed E-state index contributed by atoms with van der Waals surface area (Å²) in [5.74, 6) is 5.54. The topological polar surface area (TPSA) is 85.8 Å². The number of aromatic nitrogens is 3. The van der Waals surface area contributed by atoms with E-state index in [2.05, 4.69) is 26.1 Å². The second-order valence-electron chi connectivity index (χ2n) is 4.75. The number of alkyl halides is 3. The van der Waals surface area contributed by atoms with Gasteiger partial charge in [0, 0.05) is 10.0 Å². The Morgan fingerprint density at radius 1 is 1.42 bits per heavy atom. The number of amides is 1. The molecule has 1 atom stereocenters. The van der Waals surface area contributed by atoms with Crippen molar-refractivity contribution in [3.8, 4) is 11.4 Å². The summed E-state index contributed by atoms with van der Waals surface area (Å²) in [6.07, 6.45) is -4.46. The van der Waals surface area contributed by atoms with E-state index in [0.29, 0.717) is 11.4 Å². The molecular formula is C13H13BrF3N5OS. The van der Waals surface area contributed by atoms with E-state index in [1.807, 2.05) is 17.4 Å². The largest absolute Gasteiger partial charge is 0.405 e. The molecule has 0 fully saturated rings. The Morgan fingerprint density at radius 3 is 2.71 bits per heavy atom. The Hall–Kier alpha value is -1.75. The molecule has 0 saturated heterocycles. The fourth-order valence-electron chi connectivity index (χ4n) is 1.73. The highest BCUT2D eigenvalue weighted by Gasteiger charge is 2.29. The molecule has 1 aromatic heterocycles. The minimum absolute atomic E-state index is 0.218. The van der Waals surface area contributed by atoms with E-state index in [0.717, 1.165) is 16.2 Å². The SMILES string of the molecule is C[C@@H](Sc1nnc(-c2ccccc2Br)n1N)C(=O)NCC(F)(F)F. The number of nitrogens with two attached hydrogens (primary N) is 1. The van der Waals surface area contributed by atoms with Gasteiger partial charge in [-0.25, -0.2) is 4.68 Å². The number of hydrogen-bond acceptors (Lipinski definition) is 5. The Balaban J connectivity index is 2.09. The zero-order valence-corrected chi connectivity index (χ0v) is 14.7. The van der Waals surface area contributed by atoms with Crippen molar-refractivity contribution in [3.05, 3.63) is 28.7 Å². The van der Waals surface area contributed by atoms with E-state index < -0.39 is 23.9 Å². The highest BCUT2D eigenvalue weighted by Crippen LogP contribution is 2.29. The first-order chi connectivity index (χ1) is 11.2. The molecular weight excluding hydrogens is 411 g/mol. The lowest BCUT2D eigenvalue weighted by Gasteiger charge is -2.13. The van der Waals surface area contributed by atoms with E-state index in [4.69, 9.17) is 5.84 Å². The number of rotatable bonds is 5. The van der Waals surface area contributed by atoms with Crippen LogP contribution in [-0.2, 0) is 4.79 Å². The highest BCUT2D eigenvalue weighted by atomic mass is 79.9. The molecule has 1 aromatic carbocycles. The van der Waals surface area contributed by atoms with Crippen molar-refractivity contribution in [3.63, 3.8) is 0 Å². The number of nitrogens with one attached hydrogen (secondary N) is 1. The average Bonchev–Trinajstić information content (AvgIpc) is 2.85. The van der Waals surface area contributed by atoms with Gasteiger partial charge in [0.2, 0.25) is 11.1 Å². The van der Waals surface area contributed by atoms with Crippen LogP contribution in [0.3, 0.4) is 0 Å². The molecule has 6 nitrogen and oxygen atoms in total. The molecule has 0 saturated carbocycles. The summed E-state index contributed by atoms with van der Waals surface area (Å²) in [7, 11) is 0. The first kappa shape index (κ1) is 18.6. The fraction of sp³-hybridized carbons (Fsp3) is 0.308. The molecule has 2 aromatic rings. The summed E-state index contributed by atoms with van der Waals surface area (Å²) in [4.78, 5) is 11.7. The van der Waals surface area contributed by atoms with E-state index in [9.17, 15) is 18.0 Å². The Labute approximate surface area is 148 Å². The van der Waals surface area contributed by atoms with Crippen LogP contribution in [0.5, 0.6) is 0 Å². The molecule has 24 heavy (non-hydrogen) atoms. The van der Waals surface area contributed by atoms with Gasteiger partial charge in [-0.3, -0.25) is 4.79 Å². The summed E-state index contributed by atoms with van der Waals surface area (Å²) in [6, 6.07) is 7.22. The van der Waals surface area contributed by atoms with Gasteiger partial charge in [-0.2, -0.15) is 13.2 Å². The number of nitrogen functional groups attached to an aromatic ring is 1. The maximum absolute atomic E-state index is 12.1. The average molecular weight is 424 g/mol. The van der Waals surface area contributed by atoms with Gasteiger partial charge in [-0.15, -0.1) is 10.2 Å². The molecule has 0 radical (unpaired) electrons. The van der Waals surface area contributed by atoms with Crippen LogP contribution < -0.4 is 11.2 Å². The predicted octanol–water partition coefficient (Wildman–Crippen LogP) is 2.58. The second kappa shape index (κ2) is 7.43. The maximum atomic E-state index is 12.1. The van der Waals surface area contributed by atoms with Gasteiger partial charge < -0.3 is 11.2 Å². The molecule has 0 aliphatic heterocycles. The smallest absolute Gasteiger partial charge is 0.346 e. The number of benzene rings is 1. The molecule has 0 spiro atoms. The minimum atomic E-state index is -4.46. The monoisotopic (exact) mass is 423 g/mol. The van der Waals surface area contributed by atoms with Crippen molar-refractivity contribution in [1.29, 1.82) is 0 Å². The number of thioether (sulfide) groups is 1. The van der Waals surface area contributed by atoms with Gasteiger partial charge in [0.15, 0.2) is 5.82 Å². The number of carbonyl (C=O) groups excluding carboxylic acids is 1. The van der Waals surface area contributed by atoms with Crippen LogP contribution in [0.2, 0.25) is 0 Å². The lowest BCUT2D eigenvalue weighted by Crippen LogP contribution is -2.38. The van der Waals surface area contributed by atoms with Crippen molar-refractivity contribution >= 4 is 33.6 Å². The Morgan fingerprint density at radius 2 is 2.08 bits per heavy atom. The van der Waals surface area contributed by atoms with Gasteiger partial charge in [0.25, 0.3) is 0 Å². The summed E-state index contributed by atoms with van der Waals surface area (Å²) >= 11 is 4.30. The zero-order valence-electron chi connectivity index (χ0n) is 12.3. The standard InChI is InChI=1S/C13H13BrF3N5OS/c1-7(11(23)19-6-13(15,16)17)24-12-21-20-10(22(12)18)8-4-2-3-5-9(8)14/h2-5,7H,6,18H2,1H3,(H,19,23)/t7-/m1/s1. The van der Waals surface area contributed by atoms with Gasteiger partial charge >= 0.3 is 6.18 Å². The number of carbonyl (C=O) groups is 1. The summed E-state index contributed by atoms with van der Waals surface area (Å²) < 4.78 is 38.3. The van der Waals surface area contributed by atoms with E-state index >= 15 is 0 Å². The van der Waals surface area contributed by atoms with Gasteiger partial charge in [0.05, 0.1) is 5.25 Å². The van der Waals surface area contributed by atoms with Crippen LogP contribution in [0, 0.1) is 0 Å². The third kappa shape index (κ3) is 4.63. The van der Waals surface area contributed by atoms with Crippen molar-refractivity contribution in [2.45, 2.75) is 23.5 Å². The third-order valence-corrected chi connectivity index (χ3v) is 4.64. The number of halogens is 4. The normalized spacial score (nSPS) is 12.9.